The van der Waals surface area contributed by atoms with Gasteiger partial charge in [-0.15, -0.1) is 0 Å². The van der Waals surface area contributed by atoms with Crippen LogP contribution in [-0.2, 0) is 14.9 Å². The van der Waals surface area contributed by atoms with Crippen molar-refractivity contribution in [1.29, 1.82) is 5.26 Å². The van der Waals surface area contributed by atoms with Gasteiger partial charge in [-0.3, -0.25) is 0 Å². The molecule has 0 N–H and O–H groups in total. The fourth-order valence-corrected chi connectivity index (χ4v) is 5.85. The lowest BCUT2D eigenvalue weighted by Crippen LogP contribution is -2.57. The Balaban J connectivity index is 1.67. The molecule has 2 aliphatic heterocycles. The van der Waals surface area contributed by atoms with E-state index in [2.05, 4.69) is 26.9 Å². The van der Waals surface area contributed by atoms with E-state index in [1.807, 2.05) is 19.9 Å². The summed E-state index contributed by atoms with van der Waals surface area (Å²) in [5.74, 6) is 0. The molecule has 0 spiro atoms. The zero-order valence-corrected chi connectivity index (χ0v) is 17.3. The predicted molar refractivity (Wildman–Crippen MR) is 103 cm³/mol. The van der Waals surface area contributed by atoms with Crippen molar-refractivity contribution >= 4 is 31.8 Å². The lowest BCUT2D eigenvalue weighted by molar-refractivity contribution is -0.0455. The summed E-state index contributed by atoms with van der Waals surface area (Å²) in [5, 5.41) is 8.98. The molecule has 1 aromatic rings. The van der Waals surface area contributed by atoms with Crippen LogP contribution in [0, 0.1) is 11.3 Å². The molecule has 0 aliphatic carbocycles. The molecule has 0 bridgehead atoms. The van der Waals surface area contributed by atoms with Crippen molar-refractivity contribution in [3.8, 4) is 6.07 Å². The minimum absolute atomic E-state index is 0.0931. The number of halogens is 1. The largest absolute Gasteiger partial charge is 0.373 e. The first kappa shape index (κ1) is 19.6. The third-order valence-corrected chi connectivity index (χ3v) is 7.30. The Bertz CT molecular complexity index is 793. The molecule has 2 saturated heterocycles. The zero-order valence-electron chi connectivity index (χ0n) is 14.9. The first-order chi connectivity index (χ1) is 12.3. The molecule has 2 heterocycles. The summed E-state index contributed by atoms with van der Waals surface area (Å²) in [4.78, 5) is 2.14. The van der Waals surface area contributed by atoms with E-state index in [0.29, 0.717) is 44.8 Å². The smallest absolute Gasteiger partial charge is 0.282 e. The Labute approximate surface area is 163 Å². The normalized spacial score (nSPS) is 25.8. The Morgan fingerprint density at radius 1 is 1.12 bits per heavy atom. The summed E-state index contributed by atoms with van der Waals surface area (Å²) in [7, 11) is -3.47. The Morgan fingerprint density at radius 3 is 2.27 bits per heavy atom. The second-order valence-electron chi connectivity index (χ2n) is 6.75. The maximum absolute atomic E-state index is 13.0. The van der Waals surface area contributed by atoms with Gasteiger partial charge in [0.2, 0.25) is 0 Å². The summed E-state index contributed by atoms with van der Waals surface area (Å²) in [5.41, 5.74) is 1.58. The second-order valence-corrected chi connectivity index (χ2v) is 9.53. The van der Waals surface area contributed by atoms with Gasteiger partial charge in [0.25, 0.3) is 10.2 Å². The molecular formula is C17H23BrN4O3S. The molecule has 0 aromatic heterocycles. The first-order valence-corrected chi connectivity index (χ1v) is 10.9. The van der Waals surface area contributed by atoms with Crippen LogP contribution in [0.25, 0.3) is 0 Å². The first-order valence-electron chi connectivity index (χ1n) is 8.66. The van der Waals surface area contributed by atoms with Gasteiger partial charge in [0.15, 0.2) is 0 Å². The second kappa shape index (κ2) is 7.82. The summed E-state index contributed by atoms with van der Waals surface area (Å²) < 4.78 is 35.5. The van der Waals surface area contributed by atoms with Crippen molar-refractivity contribution in [2.45, 2.75) is 26.1 Å². The van der Waals surface area contributed by atoms with Gasteiger partial charge in [0, 0.05) is 43.7 Å². The van der Waals surface area contributed by atoms with Crippen LogP contribution in [0.1, 0.15) is 19.4 Å². The van der Waals surface area contributed by atoms with E-state index in [9.17, 15) is 8.42 Å². The van der Waals surface area contributed by atoms with Crippen LogP contribution in [0.15, 0.2) is 22.7 Å². The van der Waals surface area contributed by atoms with E-state index in [1.165, 1.54) is 0 Å². The molecule has 2 unspecified atom stereocenters. The van der Waals surface area contributed by atoms with E-state index in [0.717, 1.165) is 10.2 Å². The summed E-state index contributed by atoms with van der Waals surface area (Å²) in [6.07, 6.45) is -0.186. The number of nitriles is 1. The molecule has 1 aromatic carbocycles. The lowest BCUT2D eigenvalue weighted by atomic mass is 10.2. The minimum atomic E-state index is -3.47. The number of rotatable bonds is 3. The van der Waals surface area contributed by atoms with Crippen molar-refractivity contribution in [2.75, 3.05) is 44.2 Å². The third-order valence-electron chi connectivity index (χ3n) is 4.69. The van der Waals surface area contributed by atoms with Gasteiger partial charge < -0.3 is 9.64 Å². The molecule has 26 heavy (non-hydrogen) atoms. The summed E-state index contributed by atoms with van der Waals surface area (Å²) >= 11 is 3.51. The van der Waals surface area contributed by atoms with Crippen molar-refractivity contribution in [1.82, 2.24) is 8.61 Å². The topological polar surface area (TPSA) is 76.9 Å². The maximum Gasteiger partial charge on any atom is 0.282 e. The van der Waals surface area contributed by atoms with Gasteiger partial charge in [-0.1, -0.05) is 0 Å². The maximum atomic E-state index is 13.0. The Kier molecular flexibility index (Phi) is 5.89. The zero-order chi connectivity index (χ0) is 18.9. The molecule has 3 rings (SSSR count). The van der Waals surface area contributed by atoms with E-state index in [-0.39, 0.29) is 12.2 Å². The van der Waals surface area contributed by atoms with Gasteiger partial charge in [0.05, 0.1) is 29.5 Å². The number of anilines is 1. The fourth-order valence-electron chi connectivity index (χ4n) is 3.48. The van der Waals surface area contributed by atoms with Gasteiger partial charge >= 0.3 is 0 Å². The highest BCUT2D eigenvalue weighted by molar-refractivity contribution is 9.10. The van der Waals surface area contributed by atoms with Crippen molar-refractivity contribution in [2.24, 2.45) is 0 Å². The van der Waals surface area contributed by atoms with Crippen LogP contribution in [0.2, 0.25) is 0 Å². The number of benzene rings is 1. The predicted octanol–water partition coefficient (Wildman–Crippen LogP) is 1.80. The molecule has 2 atom stereocenters. The van der Waals surface area contributed by atoms with E-state index in [4.69, 9.17) is 10.00 Å². The number of hydrogen-bond acceptors (Lipinski definition) is 5. The lowest BCUT2D eigenvalue weighted by Gasteiger charge is -2.41. The molecule has 2 aliphatic rings. The SMILES string of the molecule is CC1CN(S(=O)(=O)N2CCN(c3ccc(C#N)cc3Br)CC2)CC(C)O1. The average molecular weight is 443 g/mol. The van der Waals surface area contributed by atoms with Gasteiger partial charge in [0.1, 0.15) is 0 Å². The van der Waals surface area contributed by atoms with Gasteiger partial charge in [-0.05, 0) is 48.0 Å². The van der Waals surface area contributed by atoms with Gasteiger partial charge in [-0.25, -0.2) is 0 Å². The highest BCUT2D eigenvalue weighted by Gasteiger charge is 2.36. The highest BCUT2D eigenvalue weighted by atomic mass is 79.9. The van der Waals surface area contributed by atoms with E-state index >= 15 is 0 Å². The molecular weight excluding hydrogens is 420 g/mol. The Morgan fingerprint density at radius 2 is 1.73 bits per heavy atom. The van der Waals surface area contributed by atoms with Crippen LogP contribution in [0.4, 0.5) is 5.69 Å². The van der Waals surface area contributed by atoms with Gasteiger partial charge in [-0.2, -0.15) is 22.3 Å². The quantitative estimate of drug-likeness (QED) is 0.712. The molecule has 0 saturated carbocycles. The summed E-state index contributed by atoms with van der Waals surface area (Å²) in [6, 6.07) is 7.58. The number of hydrogen-bond donors (Lipinski definition) is 0. The van der Waals surface area contributed by atoms with Crippen molar-refractivity contribution < 1.29 is 13.2 Å². The third kappa shape index (κ3) is 4.05. The highest BCUT2D eigenvalue weighted by Crippen LogP contribution is 2.29. The number of nitrogens with zero attached hydrogens (tertiary/aromatic N) is 4. The number of morpholine rings is 1. The average Bonchev–Trinajstić information content (AvgIpc) is 2.61. The number of piperazine rings is 1. The van der Waals surface area contributed by atoms with Crippen LogP contribution in [-0.4, -0.2) is 68.5 Å². The molecule has 2 fully saturated rings. The standard InChI is InChI=1S/C17H23BrN4O3S/c1-13-11-22(12-14(2)25-13)26(23,24)21-7-5-20(6-8-21)17-4-3-15(10-19)9-16(17)18/h3-4,9,13-14H,5-8,11-12H2,1-2H3. The molecule has 0 amide bonds. The minimum Gasteiger partial charge on any atom is -0.373 e. The van der Waals surface area contributed by atoms with Crippen molar-refractivity contribution in [3.63, 3.8) is 0 Å². The van der Waals surface area contributed by atoms with Crippen LogP contribution in [0.5, 0.6) is 0 Å². The molecule has 9 heteroatoms. The van der Waals surface area contributed by atoms with Crippen LogP contribution < -0.4 is 4.90 Å². The van der Waals surface area contributed by atoms with E-state index < -0.39 is 10.2 Å². The summed E-state index contributed by atoms with van der Waals surface area (Å²) in [6.45, 7) is 6.70. The Hall–Kier alpha value is -1.18. The molecule has 0 radical (unpaired) electrons. The van der Waals surface area contributed by atoms with Crippen LogP contribution in [0.3, 0.4) is 0 Å². The van der Waals surface area contributed by atoms with E-state index in [1.54, 1.807) is 20.7 Å². The molecule has 142 valence electrons. The van der Waals surface area contributed by atoms with Crippen molar-refractivity contribution in [3.05, 3.63) is 28.2 Å². The fraction of sp³-hybridized carbons (Fsp3) is 0.588. The monoisotopic (exact) mass is 442 g/mol. The number of ether oxygens (including phenoxy) is 1. The van der Waals surface area contributed by atoms with Crippen LogP contribution >= 0.6 is 15.9 Å². The molecule has 7 nitrogen and oxygen atoms in total.